The van der Waals surface area contributed by atoms with Gasteiger partial charge < -0.3 is 9.64 Å². The van der Waals surface area contributed by atoms with E-state index in [9.17, 15) is 9.59 Å². The molecule has 1 atom stereocenters. The summed E-state index contributed by atoms with van der Waals surface area (Å²) in [4.78, 5) is 26.5. The van der Waals surface area contributed by atoms with Crippen molar-refractivity contribution in [2.45, 2.75) is 26.7 Å². The molecule has 0 aromatic heterocycles. The number of likely N-dealkylation sites (tertiary alicyclic amines) is 1. The summed E-state index contributed by atoms with van der Waals surface area (Å²) < 4.78 is 5.07. The van der Waals surface area contributed by atoms with Gasteiger partial charge in [-0.25, -0.2) is 0 Å². The van der Waals surface area contributed by atoms with Crippen molar-refractivity contribution < 1.29 is 14.3 Å². The third kappa shape index (κ3) is 5.62. The summed E-state index contributed by atoms with van der Waals surface area (Å²) in [5.74, 6) is 5.94. The summed E-state index contributed by atoms with van der Waals surface area (Å²) in [6, 6.07) is 0. The first-order chi connectivity index (χ1) is 9.54. The van der Waals surface area contributed by atoms with E-state index < -0.39 is 0 Å². The monoisotopic (exact) mass is 280 g/mol. The molecule has 0 N–H and O–H groups in total. The van der Waals surface area contributed by atoms with Crippen molar-refractivity contribution in [2.24, 2.45) is 5.92 Å². The fourth-order valence-electron chi connectivity index (χ4n) is 2.11. The largest absolute Gasteiger partial charge is 0.466 e. The van der Waals surface area contributed by atoms with Crippen molar-refractivity contribution in [1.29, 1.82) is 0 Å². The fourth-order valence-corrected chi connectivity index (χ4v) is 2.11. The van der Waals surface area contributed by atoms with Gasteiger partial charge in [0.25, 0.3) is 0 Å². The molecule has 0 aromatic rings. The van der Waals surface area contributed by atoms with Crippen LogP contribution in [0.4, 0.5) is 0 Å². The molecule has 0 bridgehead atoms. The number of carbonyl (C=O) groups excluding carboxylic acids is 2. The quantitative estimate of drug-likeness (QED) is 0.563. The van der Waals surface area contributed by atoms with E-state index in [0.717, 1.165) is 25.9 Å². The van der Waals surface area contributed by atoms with Crippen molar-refractivity contribution in [3.8, 4) is 11.8 Å². The van der Waals surface area contributed by atoms with Gasteiger partial charge in [0.15, 0.2) is 0 Å². The number of hydrogen-bond acceptors (Lipinski definition) is 4. The summed E-state index contributed by atoms with van der Waals surface area (Å²) in [6.45, 7) is 6.56. The zero-order valence-electron chi connectivity index (χ0n) is 12.6. The minimum atomic E-state index is -0.0959. The van der Waals surface area contributed by atoms with Gasteiger partial charge in [-0.3, -0.25) is 14.5 Å². The molecule has 5 nitrogen and oxygen atoms in total. The van der Waals surface area contributed by atoms with Crippen LogP contribution >= 0.6 is 0 Å². The first-order valence-electron chi connectivity index (χ1n) is 7.11. The van der Waals surface area contributed by atoms with E-state index >= 15 is 0 Å². The highest BCUT2D eigenvalue weighted by atomic mass is 16.5. The Morgan fingerprint density at radius 1 is 1.40 bits per heavy atom. The Hall–Kier alpha value is -1.54. The number of esters is 1. The molecule has 1 unspecified atom stereocenters. The Kier molecular flexibility index (Phi) is 7.10. The van der Waals surface area contributed by atoms with Crippen LogP contribution in [0.5, 0.6) is 0 Å². The molecule has 1 amide bonds. The second kappa shape index (κ2) is 8.60. The average Bonchev–Trinajstić information content (AvgIpc) is 2.43. The number of piperidine rings is 1. The molecule has 1 rings (SSSR count). The molecule has 1 saturated heterocycles. The van der Waals surface area contributed by atoms with Crippen molar-refractivity contribution in [1.82, 2.24) is 9.80 Å². The van der Waals surface area contributed by atoms with E-state index in [0.29, 0.717) is 19.7 Å². The van der Waals surface area contributed by atoms with Crippen LogP contribution in [0.1, 0.15) is 26.7 Å². The summed E-state index contributed by atoms with van der Waals surface area (Å²) >= 11 is 0. The lowest BCUT2D eigenvalue weighted by Gasteiger charge is -2.29. The topological polar surface area (TPSA) is 49.9 Å². The average molecular weight is 280 g/mol. The van der Waals surface area contributed by atoms with Crippen LogP contribution in [0.25, 0.3) is 0 Å². The standard InChI is InChI=1S/C15H24N2O3/c1-4-20-15(19)14-8-7-11-17(12-14)10-6-5-9-16(3)13(2)18/h14H,4,7-12H2,1-3H3. The molecular formula is C15H24N2O3. The number of rotatable bonds is 4. The van der Waals surface area contributed by atoms with Crippen molar-refractivity contribution in [2.75, 3.05) is 39.8 Å². The van der Waals surface area contributed by atoms with Gasteiger partial charge in [-0.1, -0.05) is 11.8 Å². The molecule has 0 saturated carbocycles. The van der Waals surface area contributed by atoms with Crippen LogP contribution in [0.2, 0.25) is 0 Å². The van der Waals surface area contributed by atoms with Crippen molar-refractivity contribution in [3.05, 3.63) is 0 Å². The molecule has 0 radical (unpaired) electrons. The van der Waals surface area contributed by atoms with Gasteiger partial charge in [0.2, 0.25) is 5.91 Å². The smallest absolute Gasteiger partial charge is 0.310 e. The van der Waals surface area contributed by atoms with E-state index in [2.05, 4.69) is 16.7 Å². The Bertz CT molecular complexity index is 398. The molecule has 1 fully saturated rings. The predicted octanol–water partition coefficient (Wildman–Crippen LogP) is 0.743. The van der Waals surface area contributed by atoms with Crippen LogP contribution in [-0.2, 0) is 14.3 Å². The molecule has 1 heterocycles. The SMILES string of the molecule is CCOC(=O)C1CCCN(CC#CCN(C)C(C)=O)C1. The van der Waals surface area contributed by atoms with Gasteiger partial charge in [-0.2, -0.15) is 0 Å². The van der Waals surface area contributed by atoms with E-state index in [-0.39, 0.29) is 17.8 Å². The summed E-state index contributed by atoms with van der Waals surface area (Å²) in [7, 11) is 1.73. The van der Waals surface area contributed by atoms with Gasteiger partial charge >= 0.3 is 5.97 Å². The molecule has 0 aliphatic carbocycles. The van der Waals surface area contributed by atoms with Crippen molar-refractivity contribution in [3.63, 3.8) is 0 Å². The fraction of sp³-hybridized carbons (Fsp3) is 0.733. The van der Waals surface area contributed by atoms with Crippen LogP contribution in [0, 0.1) is 17.8 Å². The summed E-state index contributed by atoms with van der Waals surface area (Å²) in [5, 5.41) is 0. The number of ether oxygens (including phenoxy) is 1. The van der Waals surface area contributed by atoms with Gasteiger partial charge in [-0.05, 0) is 26.3 Å². The first kappa shape index (κ1) is 16.5. The van der Waals surface area contributed by atoms with E-state index in [1.807, 2.05) is 6.92 Å². The summed E-state index contributed by atoms with van der Waals surface area (Å²) in [5.41, 5.74) is 0. The predicted molar refractivity (Wildman–Crippen MR) is 76.9 cm³/mol. The zero-order chi connectivity index (χ0) is 15.0. The lowest BCUT2D eigenvalue weighted by atomic mass is 9.98. The Morgan fingerprint density at radius 3 is 2.80 bits per heavy atom. The maximum atomic E-state index is 11.7. The maximum absolute atomic E-state index is 11.7. The van der Waals surface area contributed by atoms with E-state index in [4.69, 9.17) is 4.74 Å². The highest BCUT2D eigenvalue weighted by Crippen LogP contribution is 2.17. The van der Waals surface area contributed by atoms with Gasteiger partial charge in [0, 0.05) is 20.5 Å². The van der Waals surface area contributed by atoms with Crippen LogP contribution in [-0.4, -0.2) is 61.5 Å². The third-order valence-electron chi connectivity index (χ3n) is 3.41. The first-order valence-corrected chi connectivity index (χ1v) is 7.11. The molecule has 5 heteroatoms. The normalized spacial score (nSPS) is 18.9. The highest BCUT2D eigenvalue weighted by molar-refractivity contribution is 5.73. The minimum Gasteiger partial charge on any atom is -0.466 e. The number of carbonyl (C=O) groups is 2. The van der Waals surface area contributed by atoms with Crippen LogP contribution in [0.3, 0.4) is 0 Å². The molecular weight excluding hydrogens is 256 g/mol. The van der Waals surface area contributed by atoms with E-state index in [1.54, 1.807) is 11.9 Å². The maximum Gasteiger partial charge on any atom is 0.310 e. The molecule has 0 spiro atoms. The Balaban J connectivity index is 2.35. The zero-order valence-corrected chi connectivity index (χ0v) is 12.6. The second-order valence-electron chi connectivity index (χ2n) is 5.05. The minimum absolute atomic E-state index is 0.0136. The number of amides is 1. The van der Waals surface area contributed by atoms with E-state index in [1.165, 1.54) is 6.92 Å². The molecule has 0 aromatic carbocycles. The molecule has 20 heavy (non-hydrogen) atoms. The lowest BCUT2D eigenvalue weighted by Crippen LogP contribution is -2.39. The number of hydrogen-bond donors (Lipinski definition) is 0. The van der Waals surface area contributed by atoms with Gasteiger partial charge in [0.1, 0.15) is 0 Å². The Morgan fingerprint density at radius 2 is 2.15 bits per heavy atom. The number of nitrogens with zero attached hydrogens (tertiary/aromatic N) is 2. The van der Waals surface area contributed by atoms with Crippen molar-refractivity contribution >= 4 is 11.9 Å². The lowest BCUT2D eigenvalue weighted by molar-refractivity contribution is -0.149. The van der Waals surface area contributed by atoms with Gasteiger partial charge in [0.05, 0.1) is 25.6 Å². The molecule has 1 aliphatic rings. The third-order valence-corrected chi connectivity index (χ3v) is 3.41. The highest BCUT2D eigenvalue weighted by Gasteiger charge is 2.26. The van der Waals surface area contributed by atoms with Crippen LogP contribution < -0.4 is 0 Å². The molecule has 112 valence electrons. The second-order valence-corrected chi connectivity index (χ2v) is 5.05. The van der Waals surface area contributed by atoms with Crippen LogP contribution in [0.15, 0.2) is 0 Å². The van der Waals surface area contributed by atoms with Gasteiger partial charge in [-0.15, -0.1) is 0 Å². The molecule has 1 aliphatic heterocycles. The summed E-state index contributed by atoms with van der Waals surface area (Å²) in [6.07, 6.45) is 1.90. The Labute approximate surface area is 121 Å².